The van der Waals surface area contributed by atoms with E-state index < -0.39 is 12.1 Å². The summed E-state index contributed by atoms with van der Waals surface area (Å²) in [6.45, 7) is 3.16. The molecule has 4 aromatic carbocycles. The average molecular weight is 596 g/mol. The molecule has 7 nitrogen and oxygen atoms in total. The highest BCUT2D eigenvalue weighted by molar-refractivity contribution is 6.37. The molecule has 2 aliphatic heterocycles. The van der Waals surface area contributed by atoms with Gasteiger partial charge in [0.1, 0.15) is 12.5 Å². The minimum atomic E-state index is -5.19. The Bertz CT molecular complexity index is 1640. The number of carbonyl (C=O) groups is 3. The molecule has 1 fully saturated rings. The molecule has 42 heavy (non-hydrogen) atoms. The zero-order chi connectivity index (χ0) is 30.0. The molecule has 2 atom stereocenters. The standard InChI is InChI=1S/C29H24ClN3O2.C2HF3O2/c30-20-8-4-9-22(16-20)33-28(34)24-11-5-10-23-26(13-12-25(27(23)24)29(33)35)31-21-14-15-32(18-21)17-19-6-2-1-3-7-19;3-2(4,5)1(6)7/h1-13,16,21,31H,14-15,17-18H2;(H,6,7). The normalized spacial score (nSPS) is 18.0. The number of imide groups is 1. The van der Waals surface area contributed by atoms with Gasteiger partial charge in [-0.1, -0.05) is 60.1 Å². The van der Waals surface area contributed by atoms with Crippen molar-refractivity contribution in [2.24, 2.45) is 0 Å². The highest BCUT2D eigenvalue weighted by atomic mass is 35.5. The molecule has 0 aliphatic carbocycles. The smallest absolute Gasteiger partial charge is 0.430 e. The van der Waals surface area contributed by atoms with Crippen LogP contribution < -0.4 is 20.2 Å². The Morgan fingerprint density at radius 2 is 1.62 bits per heavy atom. The number of alkyl halides is 3. The molecule has 0 bridgehead atoms. The number of quaternary nitrogens is 1. The van der Waals surface area contributed by atoms with E-state index in [4.69, 9.17) is 21.5 Å². The molecule has 2 aliphatic rings. The lowest BCUT2D eigenvalue weighted by atomic mass is 9.92. The molecule has 2 N–H and O–H groups in total. The quantitative estimate of drug-likeness (QED) is 0.342. The van der Waals surface area contributed by atoms with Crippen LogP contribution in [0.2, 0.25) is 5.02 Å². The van der Waals surface area contributed by atoms with Gasteiger partial charge in [0.05, 0.1) is 24.8 Å². The molecule has 0 saturated carbocycles. The number of carbonyl (C=O) groups excluding carboxylic acids is 3. The molecule has 6 rings (SSSR count). The third kappa shape index (κ3) is 6.09. The number of anilines is 2. The number of nitrogens with zero attached hydrogens (tertiary/aromatic N) is 1. The molecule has 11 heteroatoms. The summed E-state index contributed by atoms with van der Waals surface area (Å²) in [4.78, 5) is 38.4. The first kappa shape index (κ1) is 29.1. The molecule has 216 valence electrons. The maximum absolute atomic E-state index is 13.4. The zero-order valence-corrected chi connectivity index (χ0v) is 22.8. The molecule has 2 unspecified atom stereocenters. The average Bonchev–Trinajstić information content (AvgIpc) is 3.39. The van der Waals surface area contributed by atoms with Crippen LogP contribution in [0.5, 0.6) is 0 Å². The Kier molecular flexibility index (Phi) is 8.20. The minimum absolute atomic E-state index is 0.327. The first-order chi connectivity index (χ1) is 20.0. The van der Waals surface area contributed by atoms with Gasteiger partial charge in [0.2, 0.25) is 0 Å². The van der Waals surface area contributed by atoms with Crippen molar-refractivity contribution in [3.05, 3.63) is 107 Å². The van der Waals surface area contributed by atoms with Crippen molar-refractivity contribution in [3.63, 3.8) is 0 Å². The van der Waals surface area contributed by atoms with Gasteiger partial charge in [-0.25, -0.2) is 4.90 Å². The first-order valence-corrected chi connectivity index (χ1v) is 13.5. The topological polar surface area (TPSA) is 94.0 Å². The number of benzene rings is 4. The minimum Gasteiger partial charge on any atom is -0.542 e. The highest BCUT2D eigenvalue weighted by Crippen LogP contribution is 2.37. The van der Waals surface area contributed by atoms with E-state index >= 15 is 0 Å². The van der Waals surface area contributed by atoms with E-state index in [-0.39, 0.29) is 11.8 Å². The van der Waals surface area contributed by atoms with Crippen molar-refractivity contribution in [2.45, 2.75) is 25.2 Å². The van der Waals surface area contributed by atoms with Gasteiger partial charge in [0, 0.05) is 44.6 Å². The zero-order valence-electron chi connectivity index (χ0n) is 22.1. The second-order valence-electron chi connectivity index (χ2n) is 10.1. The molecule has 0 radical (unpaired) electrons. The Hall–Kier alpha value is -4.41. The number of carboxylic acid groups (broad SMARTS) is 1. The summed E-state index contributed by atoms with van der Waals surface area (Å²) in [6.07, 6.45) is -4.12. The van der Waals surface area contributed by atoms with Crippen LogP contribution in [0.3, 0.4) is 0 Å². The fourth-order valence-corrected chi connectivity index (χ4v) is 5.58. The molecule has 2 heterocycles. The predicted octanol–water partition coefficient (Wildman–Crippen LogP) is 3.86. The van der Waals surface area contributed by atoms with Crippen molar-refractivity contribution in [3.8, 4) is 0 Å². The maximum Gasteiger partial charge on any atom is 0.430 e. The van der Waals surface area contributed by atoms with Crippen molar-refractivity contribution in [1.29, 1.82) is 0 Å². The SMILES string of the molecule is O=C([O-])C(F)(F)F.O=C1c2cccc3c(NC4CC[NH+](Cc5ccccc5)C4)ccc(c23)C(=O)N1c1cccc(Cl)c1. The van der Waals surface area contributed by atoms with Crippen LogP contribution in [-0.4, -0.2) is 43.1 Å². The monoisotopic (exact) mass is 595 g/mol. The predicted molar refractivity (Wildman–Crippen MR) is 150 cm³/mol. The number of amides is 2. The van der Waals surface area contributed by atoms with Crippen LogP contribution in [0.25, 0.3) is 10.8 Å². The number of carboxylic acids is 1. The maximum atomic E-state index is 13.4. The molecule has 4 aromatic rings. The Labute approximate surface area is 244 Å². The van der Waals surface area contributed by atoms with E-state index in [9.17, 15) is 22.8 Å². The van der Waals surface area contributed by atoms with Gasteiger partial charge in [0.15, 0.2) is 0 Å². The van der Waals surface area contributed by atoms with Crippen LogP contribution in [-0.2, 0) is 11.3 Å². The summed E-state index contributed by atoms with van der Waals surface area (Å²) in [6, 6.07) is 27.2. The lowest BCUT2D eigenvalue weighted by molar-refractivity contribution is -0.901. The Morgan fingerprint density at radius 3 is 2.29 bits per heavy atom. The number of hydrogen-bond donors (Lipinski definition) is 2. The van der Waals surface area contributed by atoms with Crippen LogP contribution >= 0.6 is 11.6 Å². The van der Waals surface area contributed by atoms with Crippen LogP contribution in [0.15, 0.2) is 84.9 Å². The van der Waals surface area contributed by atoms with Gasteiger partial charge in [-0.2, -0.15) is 13.2 Å². The number of halogens is 4. The van der Waals surface area contributed by atoms with E-state index in [0.29, 0.717) is 27.9 Å². The largest absolute Gasteiger partial charge is 0.542 e. The first-order valence-electron chi connectivity index (χ1n) is 13.1. The van der Waals surface area contributed by atoms with Gasteiger partial charge >= 0.3 is 6.18 Å². The second kappa shape index (κ2) is 11.8. The van der Waals surface area contributed by atoms with Gasteiger partial charge in [-0.15, -0.1) is 0 Å². The number of rotatable bonds is 5. The summed E-state index contributed by atoms with van der Waals surface area (Å²) in [7, 11) is 0. The number of hydrogen-bond acceptors (Lipinski definition) is 5. The number of likely N-dealkylation sites (tertiary alicyclic amines) is 1. The fourth-order valence-electron chi connectivity index (χ4n) is 5.39. The highest BCUT2D eigenvalue weighted by Gasteiger charge is 2.35. The van der Waals surface area contributed by atoms with Crippen LogP contribution in [0.1, 0.15) is 32.7 Å². The summed E-state index contributed by atoms with van der Waals surface area (Å²) in [5.74, 6) is -3.66. The van der Waals surface area contributed by atoms with Crippen molar-refractivity contribution in [2.75, 3.05) is 23.3 Å². The van der Waals surface area contributed by atoms with E-state index in [1.54, 1.807) is 35.2 Å². The van der Waals surface area contributed by atoms with Crippen molar-refractivity contribution >= 4 is 51.5 Å². The third-order valence-corrected chi connectivity index (χ3v) is 7.48. The third-order valence-electron chi connectivity index (χ3n) is 7.24. The number of nitrogens with one attached hydrogen (secondary N) is 2. The van der Waals surface area contributed by atoms with Crippen LogP contribution in [0, 0.1) is 0 Å². The van der Waals surface area contributed by atoms with E-state index in [1.165, 1.54) is 10.5 Å². The van der Waals surface area contributed by atoms with E-state index in [1.807, 2.05) is 24.3 Å². The van der Waals surface area contributed by atoms with Gasteiger partial charge in [-0.3, -0.25) is 9.59 Å². The van der Waals surface area contributed by atoms with Crippen molar-refractivity contribution in [1.82, 2.24) is 0 Å². The van der Waals surface area contributed by atoms with Gasteiger partial charge < -0.3 is 20.1 Å². The number of aliphatic carboxylic acids is 1. The Morgan fingerprint density at radius 1 is 0.952 bits per heavy atom. The summed E-state index contributed by atoms with van der Waals surface area (Å²) in [5.41, 5.74) is 3.86. The molecular weight excluding hydrogens is 571 g/mol. The fraction of sp³-hybridized carbons (Fsp3) is 0.194. The summed E-state index contributed by atoms with van der Waals surface area (Å²) >= 11 is 6.14. The summed E-state index contributed by atoms with van der Waals surface area (Å²) < 4.78 is 31.5. The van der Waals surface area contributed by atoms with E-state index in [0.717, 1.165) is 42.5 Å². The lowest BCUT2D eigenvalue weighted by Gasteiger charge is -2.28. The second-order valence-corrected chi connectivity index (χ2v) is 10.5. The van der Waals surface area contributed by atoms with Gasteiger partial charge in [-0.05, 0) is 36.4 Å². The molecule has 2 amide bonds. The molecule has 0 spiro atoms. The molecular formula is C31H25ClF3N3O4. The van der Waals surface area contributed by atoms with E-state index in [2.05, 4.69) is 35.6 Å². The molecule has 1 saturated heterocycles. The van der Waals surface area contributed by atoms with Crippen molar-refractivity contribution < 1.29 is 37.6 Å². The van der Waals surface area contributed by atoms with Crippen LogP contribution in [0.4, 0.5) is 24.5 Å². The molecule has 0 aromatic heterocycles. The van der Waals surface area contributed by atoms with Gasteiger partial charge in [0.25, 0.3) is 11.8 Å². The Balaban J connectivity index is 0.000000451. The lowest BCUT2D eigenvalue weighted by Crippen LogP contribution is -3.09. The summed E-state index contributed by atoms with van der Waals surface area (Å²) in [5, 5.41) is 14.6.